The molecule has 7 heteroatoms. The minimum atomic E-state index is -1.04. The molecular weight excluding hydrogens is 274 g/mol. The lowest BCUT2D eigenvalue weighted by atomic mass is 9.75. The molecule has 122 valence electrons. The standard InChI is InChI=1S/C14H27N3O4/c1-16(2)14(7-5-8-14)10-17(3)13(20)15-11(12(18)19)6-9-21-4/h11H,5-10H2,1-4H3,(H,15,20)(H,18,19). The molecule has 1 aliphatic rings. The van der Waals surface area contributed by atoms with Crippen LogP contribution in [0.3, 0.4) is 0 Å². The van der Waals surface area contributed by atoms with E-state index in [-0.39, 0.29) is 18.0 Å². The Morgan fingerprint density at radius 3 is 2.33 bits per heavy atom. The first kappa shape index (κ1) is 17.7. The van der Waals surface area contributed by atoms with Gasteiger partial charge in [0.2, 0.25) is 0 Å². The van der Waals surface area contributed by atoms with E-state index in [0.29, 0.717) is 13.2 Å². The monoisotopic (exact) mass is 301 g/mol. The van der Waals surface area contributed by atoms with Gasteiger partial charge < -0.3 is 25.0 Å². The van der Waals surface area contributed by atoms with Crippen LogP contribution in [0.5, 0.6) is 0 Å². The van der Waals surface area contributed by atoms with Gasteiger partial charge in [-0.2, -0.15) is 0 Å². The van der Waals surface area contributed by atoms with Crippen molar-refractivity contribution < 1.29 is 19.4 Å². The Labute approximate surface area is 126 Å². The molecule has 1 aliphatic carbocycles. The first-order valence-electron chi connectivity index (χ1n) is 7.23. The number of ether oxygens (including phenoxy) is 1. The van der Waals surface area contributed by atoms with Crippen molar-refractivity contribution in [2.75, 3.05) is 41.4 Å². The summed E-state index contributed by atoms with van der Waals surface area (Å²) >= 11 is 0. The lowest BCUT2D eigenvalue weighted by Crippen LogP contribution is -2.59. The Kier molecular flexibility index (Phi) is 6.42. The van der Waals surface area contributed by atoms with E-state index in [4.69, 9.17) is 9.84 Å². The second-order valence-corrected chi connectivity index (χ2v) is 5.95. The van der Waals surface area contributed by atoms with Gasteiger partial charge in [-0.1, -0.05) is 0 Å². The van der Waals surface area contributed by atoms with Crippen LogP contribution in [0, 0.1) is 0 Å². The lowest BCUT2D eigenvalue weighted by molar-refractivity contribution is -0.139. The van der Waals surface area contributed by atoms with Gasteiger partial charge in [-0.15, -0.1) is 0 Å². The summed E-state index contributed by atoms with van der Waals surface area (Å²) in [6.45, 7) is 0.894. The SMILES string of the molecule is COCCC(NC(=O)N(C)CC1(N(C)C)CCC1)C(=O)O. The number of methoxy groups -OCH3 is 1. The Bertz CT molecular complexity index is 369. The van der Waals surface area contributed by atoms with Crippen molar-refractivity contribution >= 4 is 12.0 Å². The van der Waals surface area contributed by atoms with Crippen molar-refractivity contribution in [2.24, 2.45) is 0 Å². The Morgan fingerprint density at radius 2 is 1.95 bits per heavy atom. The van der Waals surface area contributed by atoms with Crippen molar-refractivity contribution in [3.8, 4) is 0 Å². The third-order valence-corrected chi connectivity index (χ3v) is 4.32. The molecule has 0 radical (unpaired) electrons. The molecule has 0 saturated heterocycles. The van der Waals surface area contributed by atoms with E-state index in [9.17, 15) is 9.59 Å². The lowest BCUT2D eigenvalue weighted by Gasteiger charge is -2.49. The normalized spacial score (nSPS) is 18.0. The van der Waals surface area contributed by atoms with Gasteiger partial charge in [0.25, 0.3) is 0 Å². The second kappa shape index (κ2) is 7.61. The number of nitrogens with zero attached hydrogens (tertiary/aromatic N) is 2. The topological polar surface area (TPSA) is 82.1 Å². The fourth-order valence-electron chi connectivity index (χ4n) is 2.60. The molecule has 1 unspecified atom stereocenters. The van der Waals surface area contributed by atoms with Crippen LogP contribution in [-0.2, 0) is 9.53 Å². The zero-order valence-corrected chi connectivity index (χ0v) is 13.4. The average molecular weight is 301 g/mol. The highest BCUT2D eigenvalue weighted by molar-refractivity contribution is 5.82. The number of urea groups is 1. The van der Waals surface area contributed by atoms with Gasteiger partial charge in [0, 0.05) is 39.3 Å². The van der Waals surface area contributed by atoms with Gasteiger partial charge in [-0.3, -0.25) is 0 Å². The number of aliphatic carboxylic acids is 1. The molecule has 7 nitrogen and oxygen atoms in total. The zero-order chi connectivity index (χ0) is 16.0. The van der Waals surface area contributed by atoms with Crippen molar-refractivity contribution in [3.63, 3.8) is 0 Å². The number of likely N-dealkylation sites (N-methyl/N-ethyl adjacent to an activating group) is 2. The Hall–Kier alpha value is -1.34. The second-order valence-electron chi connectivity index (χ2n) is 5.95. The summed E-state index contributed by atoms with van der Waals surface area (Å²) in [5.41, 5.74) is 0.0251. The minimum Gasteiger partial charge on any atom is -0.480 e. The summed E-state index contributed by atoms with van der Waals surface area (Å²) in [4.78, 5) is 27.0. The van der Waals surface area contributed by atoms with Gasteiger partial charge >= 0.3 is 12.0 Å². The number of hydrogen-bond donors (Lipinski definition) is 2. The first-order chi connectivity index (χ1) is 9.82. The molecule has 21 heavy (non-hydrogen) atoms. The number of carbonyl (C=O) groups excluding carboxylic acids is 1. The van der Waals surface area contributed by atoms with Crippen LogP contribution < -0.4 is 5.32 Å². The fraction of sp³-hybridized carbons (Fsp3) is 0.857. The summed E-state index contributed by atoms with van der Waals surface area (Å²) in [5.74, 6) is -1.04. The number of rotatable bonds is 8. The highest BCUT2D eigenvalue weighted by Crippen LogP contribution is 2.36. The number of amides is 2. The number of carboxylic acids is 1. The third-order valence-electron chi connectivity index (χ3n) is 4.32. The third kappa shape index (κ3) is 4.57. The van der Waals surface area contributed by atoms with Crippen LogP contribution in [0.2, 0.25) is 0 Å². The van der Waals surface area contributed by atoms with Crippen molar-refractivity contribution in [1.29, 1.82) is 0 Å². The maximum Gasteiger partial charge on any atom is 0.326 e. The number of hydrogen-bond acceptors (Lipinski definition) is 4. The van der Waals surface area contributed by atoms with Gasteiger partial charge in [-0.25, -0.2) is 9.59 Å². The van der Waals surface area contributed by atoms with Gasteiger partial charge in [-0.05, 0) is 33.4 Å². The van der Waals surface area contributed by atoms with Crippen LogP contribution in [0.4, 0.5) is 4.79 Å². The van der Waals surface area contributed by atoms with E-state index < -0.39 is 12.0 Å². The largest absolute Gasteiger partial charge is 0.480 e. The molecule has 2 N–H and O–H groups in total. The first-order valence-corrected chi connectivity index (χ1v) is 7.23. The van der Waals surface area contributed by atoms with E-state index in [1.54, 1.807) is 11.9 Å². The van der Waals surface area contributed by atoms with E-state index >= 15 is 0 Å². The summed E-state index contributed by atoms with van der Waals surface area (Å²) in [5, 5.41) is 11.7. The maximum atomic E-state index is 12.2. The summed E-state index contributed by atoms with van der Waals surface area (Å²) in [6, 6.07) is -1.27. The number of carboxylic acid groups (broad SMARTS) is 1. The summed E-state index contributed by atoms with van der Waals surface area (Å²) < 4.78 is 4.87. The molecule has 0 aromatic carbocycles. The molecule has 0 aromatic rings. The molecule has 1 atom stereocenters. The molecule has 1 rings (SSSR count). The minimum absolute atomic E-state index is 0.0251. The molecule has 0 aromatic heterocycles. The molecule has 2 amide bonds. The summed E-state index contributed by atoms with van der Waals surface area (Å²) in [6.07, 6.45) is 3.54. The molecule has 1 fully saturated rings. The molecule has 0 spiro atoms. The van der Waals surface area contributed by atoms with E-state index in [1.165, 1.54) is 13.5 Å². The van der Waals surface area contributed by atoms with Crippen LogP contribution in [0.15, 0.2) is 0 Å². The number of carbonyl (C=O) groups is 2. The predicted octanol–water partition coefficient (Wildman–Crippen LogP) is 0.602. The van der Waals surface area contributed by atoms with Crippen LogP contribution >= 0.6 is 0 Å². The molecule has 0 aliphatic heterocycles. The van der Waals surface area contributed by atoms with E-state index in [0.717, 1.165) is 12.8 Å². The van der Waals surface area contributed by atoms with Crippen molar-refractivity contribution in [2.45, 2.75) is 37.3 Å². The van der Waals surface area contributed by atoms with Crippen LogP contribution in [0.1, 0.15) is 25.7 Å². The van der Waals surface area contributed by atoms with Gasteiger partial charge in [0.05, 0.1) is 0 Å². The molecule has 0 bridgehead atoms. The smallest absolute Gasteiger partial charge is 0.326 e. The van der Waals surface area contributed by atoms with Gasteiger partial charge in [0.15, 0.2) is 0 Å². The van der Waals surface area contributed by atoms with E-state index in [2.05, 4.69) is 10.2 Å². The Balaban J connectivity index is 2.54. The quantitative estimate of drug-likeness (QED) is 0.686. The fourth-order valence-corrected chi connectivity index (χ4v) is 2.60. The summed E-state index contributed by atoms with van der Waals surface area (Å²) in [7, 11) is 7.24. The van der Waals surface area contributed by atoms with E-state index in [1.807, 2.05) is 14.1 Å². The highest BCUT2D eigenvalue weighted by atomic mass is 16.5. The van der Waals surface area contributed by atoms with Crippen LogP contribution in [0.25, 0.3) is 0 Å². The van der Waals surface area contributed by atoms with Crippen molar-refractivity contribution in [1.82, 2.24) is 15.1 Å². The van der Waals surface area contributed by atoms with Crippen molar-refractivity contribution in [3.05, 3.63) is 0 Å². The molecule has 0 heterocycles. The maximum absolute atomic E-state index is 12.2. The zero-order valence-electron chi connectivity index (χ0n) is 13.4. The van der Waals surface area contributed by atoms with Gasteiger partial charge in [0.1, 0.15) is 6.04 Å². The number of nitrogens with one attached hydrogen (secondary N) is 1. The molecule has 1 saturated carbocycles. The van der Waals surface area contributed by atoms with Crippen LogP contribution in [-0.4, -0.2) is 79.9 Å². The molecular formula is C14H27N3O4. The Morgan fingerprint density at radius 1 is 1.33 bits per heavy atom. The predicted molar refractivity (Wildman–Crippen MR) is 79.3 cm³/mol. The average Bonchev–Trinajstić information content (AvgIpc) is 2.37. The highest BCUT2D eigenvalue weighted by Gasteiger charge is 2.40.